The molecule has 1 saturated heterocycles. The molecule has 2 unspecified atom stereocenters. The van der Waals surface area contributed by atoms with Crippen molar-refractivity contribution in [3.8, 4) is 0 Å². The monoisotopic (exact) mass is 636 g/mol. The van der Waals surface area contributed by atoms with Crippen molar-refractivity contribution < 1.29 is 42.2 Å². The van der Waals surface area contributed by atoms with Gasteiger partial charge in [-0.1, -0.05) is 54.4 Å². The minimum atomic E-state index is -3.27. The van der Waals surface area contributed by atoms with Crippen LogP contribution in [-0.2, 0) is 25.6 Å². The number of carboxylic acids is 1. The van der Waals surface area contributed by atoms with Gasteiger partial charge < -0.3 is 19.7 Å². The Morgan fingerprint density at radius 1 is 1.14 bits per heavy atom. The first-order chi connectivity index (χ1) is 21.6. The van der Waals surface area contributed by atoms with Crippen LogP contribution in [0.2, 0.25) is 10.0 Å². The van der Waals surface area contributed by atoms with Gasteiger partial charge in [-0.15, -0.1) is 0 Å². The molecule has 7 nitrogen and oxygen atoms in total. The highest BCUT2D eigenvalue weighted by atomic mass is 35.5. The van der Waals surface area contributed by atoms with E-state index in [2.05, 4.69) is 0 Å². The molecule has 1 fully saturated rings. The highest BCUT2D eigenvalue weighted by molar-refractivity contribution is 6.30. The average Bonchev–Trinajstić information content (AvgIpc) is 3.23. The van der Waals surface area contributed by atoms with E-state index in [4.69, 9.17) is 36.8 Å². The Hall–Kier alpha value is -3.08. The summed E-state index contributed by atoms with van der Waals surface area (Å²) in [6.07, 6.45) is -1.32. The smallest absolute Gasteiger partial charge is 0.305 e. The molecule has 3 atom stereocenters. The summed E-state index contributed by atoms with van der Waals surface area (Å²) in [4.78, 5) is 27.8. The van der Waals surface area contributed by atoms with Crippen LogP contribution in [0.5, 0.6) is 0 Å². The van der Waals surface area contributed by atoms with Gasteiger partial charge in [0.1, 0.15) is 17.1 Å². The largest absolute Gasteiger partial charge is 0.481 e. The number of carbonyl (C=O) groups excluding carboxylic acids is 1. The first kappa shape index (κ1) is 27.5. The molecule has 2 heterocycles. The molecule has 0 aromatic heterocycles. The minimum Gasteiger partial charge on any atom is -0.481 e. The Labute approximate surface area is 262 Å². The summed E-state index contributed by atoms with van der Waals surface area (Å²) in [7, 11) is -3.27. The highest BCUT2D eigenvalue weighted by Gasteiger charge is 2.58. The lowest BCUT2D eigenvalue weighted by molar-refractivity contribution is -0.155. The van der Waals surface area contributed by atoms with Crippen LogP contribution in [0.4, 0.5) is 8.78 Å². The lowest BCUT2D eigenvalue weighted by atomic mass is 9.72. The van der Waals surface area contributed by atoms with Gasteiger partial charge in [-0.05, 0) is 53.9 Å². The van der Waals surface area contributed by atoms with Gasteiger partial charge in [0.25, 0.3) is 5.91 Å². The van der Waals surface area contributed by atoms with E-state index in [9.17, 15) is 19.8 Å². The summed E-state index contributed by atoms with van der Waals surface area (Å²) < 4.78 is 68.6. The van der Waals surface area contributed by atoms with Crippen molar-refractivity contribution in [2.75, 3.05) is 20.3 Å². The molecule has 11 heteroatoms. The topological polar surface area (TPSA) is 96.3 Å². The zero-order valence-corrected chi connectivity index (χ0v) is 24.6. The van der Waals surface area contributed by atoms with E-state index in [0.717, 1.165) is 17.0 Å². The summed E-state index contributed by atoms with van der Waals surface area (Å²) >= 11 is 12.2. The minimum absolute atomic E-state index is 0.0169. The predicted molar refractivity (Wildman–Crippen MR) is 156 cm³/mol. The van der Waals surface area contributed by atoms with Crippen molar-refractivity contribution in [2.45, 2.75) is 55.6 Å². The van der Waals surface area contributed by atoms with Crippen molar-refractivity contribution in [1.29, 1.82) is 0 Å². The van der Waals surface area contributed by atoms with Gasteiger partial charge in [-0.25, -0.2) is 8.78 Å². The quantitative estimate of drug-likeness (QED) is 0.269. The molecule has 0 spiro atoms. The van der Waals surface area contributed by atoms with E-state index >= 15 is 8.78 Å². The highest BCUT2D eigenvalue weighted by Crippen LogP contribution is 2.53. The number of aliphatic hydroxyl groups is 1. The molecule has 2 aliphatic rings. The molecule has 3 aromatic carbocycles. The molecule has 2 aliphatic heterocycles. The van der Waals surface area contributed by atoms with E-state index < -0.39 is 65.3 Å². The number of carboxylic acid groups (broad SMARTS) is 1. The normalized spacial score (nSPS) is 23.1. The van der Waals surface area contributed by atoms with Gasteiger partial charge in [0, 0.05) is 48.7 Å². The Morgan fingerprint density at radius 2 is 1.74 bits per heavy atom. The first-order valence-electron chi connectivity index (χ1n) is 15.2. The van der Waals surface area contributed by atoms with Gasteiger partial charge in [-0.2, -0.15) is 0 Å². The van der Waals surface area contributed by atoms with E-state index in [1.165, 1.54) is 55.5 Å². The summed E-state index contributed by atoms with van der Waals surface area (Å²) in [5, 5.41) is 22.4. The van der Waals surface area contributed by atoms with Crippen LogP contribution in [0.1, 0.15) is 75.4 Å². The number of hydrogen-bond donors (Lipinski definition) is 2. The number of halogens is 4. The van der Waals surface area contributed by atoms with Crippen LogP contribution in [0.25, 0.3) is 0 Å². The maximum atomic E-state index is 16.8. The first-order valence-corrected chi connectivity index (χ1v) is 14.4. The average molecular weight is 638 g/mol. The van der Waals surface area contributed by atoms with Crippen molar-refractivity contribution in [3.05, 3.63) is 104 Å². The molecule has 3 aromatic rings. The third-order valence-corrected chi connectivity index (χ3v) is 9.05. The second kappa shape index (κ2) is 11.8. The zero-order chi connectivity index (χ0) is 33.7. The predicted octanol–water partition coefficient (Wildman–Crippen LogP) is 6.77. The number of aliphatic carboxylic acids is 1. The summed E-state index contributed by atoms with van der Waals surface area (Å²) in [6, 6.07) is 11.9. The van der Waals surface area contributed by atoms with Crippen molar-refractivity contribution in [3.63, 3.8) is 0 Å². The number of carbonyl (C=O) groups is 2. The third kappa shape index (κ3) is 5.11. The number of rotatable bonds is 9. The summed E-state index contributed by atoms with van der Waals surface area (Å²) in [6.45, 7) is 1.56. The second-order valence-corrected chi connectivity index (χ2v) is 11.6. The van der Waals surface area contributed by atoms with Gasteiger partial charge >= 0.3 is 5.97 Å². The number of fused-ring (bicyclic) bond motifs is 1. The maximum Gasteiger partial charge on any atom is 0.305 e. The van der Waals surface area contributed by atoms with Crippen molar-refractivity contribution in [2.24, 2.45) is 0 Å². The van der Waals surface area contributed by atoms with Crippen LogP contribution in [0, 0.1) is 5.82 Å². The van der Waals surface area contributed by atoms with Gasteiger partial charge in [-0.3, -0.25) is 14.5 Å². The fourth-order valence-electron chi connectivity index (χ4n) is 6.33. The summed E-state index contributed by atoms with van der Waals surface area (Å²) in [5.74, 6) is -3.53. The molecule has 1 amide bonds. The summed E-state index contributed by atoms with van der Waals surface area (Å²) in [5.41, 5.74) is -8.09. The fourth-order valence-corrected chi connectivity index (χ4v) is 6.58. The Bertz CT molecular complexity index is 1640. The fraction of sp³-hybridized carbons (Fsp3) is 0.375. The zero-order valence-electron chi connectivity index (χ0n) is 26.1. The number of ether oxygens (including phenoxy) is 2. The van der Waals surface area contributed by atoms with Crippen molar-refractivity contribution in [1.82, 2.24) is 4.90 Å². The molecule has 0 saturated carbocycles. The van der Waals surface area contributed by atoms with E-state index in [1.54, 1.807) is 0 Å². The van der Waals surface area contributed by atoms with Gasteiger partial charge in [0.15, 0.2) is 5.72 Å². The molecule has 43 heavy (non-hydrogen) atoms. The number of benzene rings is 3. The van der Waals surface area contributed by atoms with Crippen molar-refractivity contribution >= 4 is 35.1 Å². The van der Waals surface area contributed by atoms with Crippen LogP contribution < -0.4 is 0 Å². The van der Waals surface area contributed by atoms with E-state index in [1.807, 2.05) is 0 Å². The molecule has 5 rings (SSSR count). The van der Waals surface area contributed by atoms with Crippen LogP contribution in [0.15, 0.2) is 60.7 Å². The molecule has 228 valence electrons. The van der Waals surface area contributed by atoms with Crippen LogP contribution in [0.3, 0.4) is 0 Å². The third-order valence-electron chi connectivity index (χ3n) is 8.55. The standard InChI is InChI=1S/C32H31Cl2F2NO6/c1-3-31(41,30(36)12-14-43-15-13-30)21-16-24-28(25(35)17-21)32(42-2,20-6-10-23(34)11-7-20)37(29(24)40)26(18-27(38)39)19-4-8-22(33)9-5-19/h4-11,16-17,26,41H,3,12-15,18H2,1-2H3,(H,38,39)/t26?,31?,32-/m1/s1/i2D3. The molecule has 0 radical (unpaired) electrons. The molecule has 2 N–H and O–H groups in total. The molecular weight excluding hydrogens is 603 g/mol. The lowest BCUT2D eigenvalue weighted by Crippen LogP contribution is -2.51. The SMILES string of the molecule is [2H]C([2H])([2H])O[C@]1(c2ccc(Cl)cc2)c2c(F)cc(C(O)(CC)C3(F)CCOCC3)cc2C(=O)N1C(CC(=O)O)c1ccc(Cl)cc1. The van der Waals surface area contributed by atoms with E-state index in [0.29, 0.717) is 5.02 Å². The maximum absolute atomic E-state index is 16.8. The molecule has 0 bridgehead atoms. The number of methoxy groups -OCH3 is 1. The Balaban J connectivity index is 1.85. The van der Waals surface area contributed by atoms with Crippen LogP contribution in [-0.4, -0.2) is 52.9 Å². The van der Waals surface area contributed by atoms with Crippen LogP contribution >= 0.6 is 23.2 Å². The number of amides is 1. The Morgan fingerprint density at radius 3 is 2.30 bits per heavy atom. The van der Waals surface area contributed by atoms with E-state index in [-0.39, 0.29) is 54.2 Å². The number of alkyl halides is 1. The molecular formula is C32H31Cl2F2NO6. The lowest BCUT2D eigenvalue weighted by Gasteiger charge is -2.44. The second-order valence-electron chi connectivity index (χ2n) is 10.8. The Kier molecular flexibility index (Phi) is 7.53. The van der Waals surface area contributed by atoms with Gasteiger partial charge in [0.05, 0.1) is 27.7 Å². The van der Waals surface area contributed by atoms with Gasteiger partial charge in [0.2, 0.25) is 0 Å². The molecule has 0 aliphatic carbocycles. The number of hydrogen-bond acceptors (Lipinski definition) is 5. The number of nitrogens with zero attached hydrogens (tertiary/aromatic N) is 1.